The maximum atomic E-state index is 9.12. The van der Waals surface area contributed by atoms with E-state index in [4.69, 9.17) is 10.8 Å². The van der Waals surface area contributed by atoms with Crippen molar-refractivity contribution in [1.29, 1.82) is 0 Å². The molecule has 2 saturated carbocycles. The van der Waals surface area contributed by atoms with Crippen molar-refractivity contribution in [1.82, 2.24) is 0 Å². The minimum atomic E-state index is 0.158. The summed E-state index contributed by atoms with van der Waals surface area (Å²) in [6.45, 7) is 0.310. The van der Waals surface area contributed by atoms with Crippen LogP contribution in [0.1, 0.15) is 32.1 Å². The molecule has 1 atom stereocenters. The Hall–Kier alpha value is -0.0800. The Balaban J connectivity index is 1.92. The average Bonchev–Trinajstić information content (AvgIpc) is 2.63. The lowest BCUT2D eigenvalue weighted by Gasteiger charge is -2.35. The van der Waals surface area contributed by atoms with E-state index >= 15 is 0 Å². The molecule has 0 amide bonds. The molecule has 2 aliphatic rings. The van der Waals surface area contributed by atoms with Crippen molar-refractivity contribution >= 4 is 0 Å². The summed E-state index contributed by atoms with van der Waals surface area (Å²) in [7, 11) is 0. The summed E-state index contributed by atoms with van der Waals surface area (Å²) in [6.07, 6.45) is 6.24. The van der Waals surface area contributed by atoms with Crippen LogP contribution in [0, 0.1) is 11.3 Å². The highest BCUT2D eigenvalue weighted by molar-refractivity contribution is 5.04. The molecule has 3 N–H and O–H groups in total. The second kappa shape index (κ2) is 2.46. The lowest BCUT2D eigenvalue weighted by atomic mass is 9.74. The lowest BCUT2D eigenvalue weighted by Crippen LogP contribution is -2.43. The lowest BCUT2D eigenvalue weighted by molar-refractivity contribution is 0.127. The fraction of sp³-hybridized carbons (Fsp3) is 1.00. The van der Waals surface area contributed by atoms with Gasteiger partial charge < -0.3 is 10.8 Å². The first-order valence-corrected chi connectivity index (χ1v) is 4.65. The first kappa shape index (κ1) is 7.56. The topological polar surface area (TPSA) is 46.2 Å². The van der Waals surface area contributed by atoms with Crippen LogP contribution in [0.4, 0.5) is 0 Å². The van der Waals surface area contributed by atoms with E-state index in [1.54, 1.807) is 0 Å². The Labute approximate surface area is 67.8 Å². The van der Waals surface area contributed by atoms with Gasteiger partial charge in [0.1, 0.15) is 0 Å². The maximum absolute atomic E-state index is 9.12. The summed E-state index contributed by atoms with van der Waals surface area (Å²) in [6, 6.07) is 0.293. The average molecular weight is 155 g/mol. The summed E-state index contributed by atoms with van der Waals surface area (Å²) in [4.78, 5) is 0. The Kier molecular flexibility index (Phi) is 1.69. The van der Waals surface area contributed by atoms with Crippen LogP contribution in [-0.4, -0.2) is 17.8 Å². The van der Waals surface area contributed by atoms with Crippen LogP contribution in [0.25, 0.3) is 0 Å². The molecule has 2 nitrogen and oxygen atoms in total. The Bertz CT molecular complexity index is 150. The number of hydrogen-bond donors (Lipinski definition) is 2. The van der Waals surface area contributed by atoms with Gasteiger partial charge in [-0.1, -0.05) is 6.42 Å². The van der Waals surface area contributed by atoms with E-state index in [0.29, 0.717) is 12.6 Å². The van der Waals surface area contributed by atoms with Crippen LogP contribution in [0.5, 0.6) is 0 Å². The van der Waals surface area contributed by atoms with Crippen molar-refractivity contribution in [3.05, 3.63) is 0 Å². The summed E-state index contributed by atoms with van der Waals surface area (Å²) in [5.74, 6) is 0.727. The van der Waals surface area contributed by atoms with E-state index in [0.717, 1.165) is 18.8 Å². The minimum Gasteiger partial charge on any atom is -0.396 e. The molecule has 2 rings (SSSR count). The Morgan fingerprint density at radius 2 is 2.09 bits per heavy atom. The second-order valence-electron chi connectivity index (χ2n) is 4.24. The molecular formula is C9H17NO. The van der Waals surface area contributed by atoms with Gasteiger partial charge in [0, 0.05) is 11.5 Å². The van der Waals surface area contributed by atoms with Gasteiger partial charge in [-0.2, -0.15) is 0 Å². The summed E-state index contributed by atoms with van der Waals surface area (Å²) in [5.41, 5.74) is 6.23. The third kappa shape index (κ3) is 1.09. The first-order chi connectivity index (χ1) is 5.28. The third-order valence-electron chi connectivity index (χ3n) is 3.57. The quantitative estimate of drug-likeness (QED) is 0.635. The standard InChI is InChI=1S/C9H17NO/c10-8(7-2-1-3-7)9(6-11)4-5-9/h7-8,11H,1-6,10H2. The largest absolute Gasteiger partial charge is 0.396 e. The van der Waals surface area contributed by atoms with Crippen molar-refractivity contribution < 1.29 is 5.11 Å². The van der Waals surface area contributed by atoms with Gasteiger partial charge in [-0.05, 0) is 31.6 Å². The maximum Gasteiger partial charge on any atom is 0.0502 e. The number of aliphatic hydroxyl groups excluding tert-OH is 1. The highest BCUT2D eigenvalue weighted by Crippen LogP contribution is 2.52. The van der Waals surface area contributed by atoms with Gasteiger partial charge in [0.15, 0.2) is 0 Å². The first-order valence-electron chi connectivity index (χ1n) is 4.65. The molecular weight excluding hydrogens is 138 g/mol. The van der Waals surface area contributed by atoms with Crippen molar-refractivity contribution in [3.8, 4) is 0 Å². The number of aliphatic hydroxyl groups is 1. The SMILES string of the molecule is NC(C1CCC1)C1(CO)CC1. The zero-order valence-corrected chi connectivity index (χ0v) is 6.92. The van der Waals surface area contributed by atoms with Crippen LogP contribution < -0.4 is 5.73 Å². The predicted octanol–water partition coefficient (Wildman–Crippen LogP) is 0.886. The summed E-state index contributed by atoms with van der Waals surface area (Å²) >= 11 is 0. The number of rotatable bonds is 3. The van der Waals surface area contributed by atoms with Crippen molar-refractivity contribution in [2.24, 2.45) is 17.1 Å². The van der Waals surface area contributed by atoms with Crippen LogP contribution in [0.3, 0.4) is 0 Å². The van der Waals surface area contributed by atoms with Gasteiger partial charge >= 0.3 is 0 Å². The van der Waals surface area contributed by atoms with Crippen molar-refractivity contribution in [2.45, 2.75) is 38.1 Å². The highest BCUT2D eigenvalue weighted by Gasteiger charge is 2.50. The Morgan fingerprint density at radius 3 is 2.36 bits per heavy atom. The van der Waals surface area contributed by atoms with E-state index in [9.17, 15) is 0 Å². The fourth-order valence-corrected chi connectivity index (χ4v) is 2.06. The molecule has 1 unspecified atom stereocenters. The number of hydrogen-bond acceptors (Lipinski definition) is 2. The van der Waals surface area contributed by atoms with Crippen molar-refractivity contribution in [3.63, 3.8) is 0 Å². The van der Waals surface area contributed by atoms with E-state index in [1.165, 1.54) is 19.3 Å². The zero-order valence-electron chi connectivity index (χ0n) is 6.92. The van der Waals surface area contributed by atoms with Crippen LogP contribution in [-0.2, 0) is 0 Å². The smallest absolute Gasteiger partial charge is 0.0502 e. The van der Waals surface area contributed by atoms with Gasteiger partial charge in [0.25, 0.3) is 0 Å². The molecule has 2 heteroatoms. The Morgan fingerprint density at radius 1 is 1.45 bits per heavy atom. The molecule has 0 aromatic heterocycles. The van der Waals surface area contributed by atoms with E-state index in [2.05, 4.69) is 0 Å². The molecule has 0 aromatic carbocycles. The van der Waals surface area contributed by atoms with E-state index in [-0.39, 0.29) is 5.41 Å². The van der Waals surface area contributed by atoms with Gasteiger partial charge in [0.05, 0.1) is 6.61 Å². The minimum absolute atomic E-state index is 0.158. The highest BCUT2D eigenvalue weighted by atomic mass is 16.3. The van der Waals surface area contributed by atoms with Gasteiger partial charge in [-0.15, -0.1) is 0 Å². The normalized spacial score (nSPS) is 31.1. The van der Waals surface area contributed by atoms with Crippen LogP contribution in [0.2, 0.25) is 0 Å². The van der Waals surface area contributed by atoms with Gasteiger partial charge in [-0.25, -0.2) is 0 Å². The van der Waals surface area contributed by atoms with E-state index < -0.39 is 0 Å². The fourth-order valence-electron chi connectivity index (χ4n) is 2.06. The second-order valence-corrected chi connectivity index (χ2v) is 4.24. The molecule has 0 heterocycles. The summed E-state index contributed by atoms with van der Waals surface area (Å²) in [5, 5.41) is 9.12. The molecule has 2 aliphatic carbocycles. The molecule has 0 aromatic rings. The summed E-state index contributed by atoms with van der Waals surface area (Å²) < 4.78 is 0. The monoisotopic (exact) mass is 155 g/mol. The van der Waals surface area contributed by atoms with Gasteiger partial charge in [-0.3, -0.25) is 0 Å². The molecule has 64 valence electrons. The van der Waals surface area contributed by atoms with Gasteiger partial charge in [0.2, 0.25) is 0 Å². The predicted molar refractivity (Wildman–Crippen MR) is 44.1 cm³/mol. The number of nitrogens with two attached hydrogens (primary N) is 1. The van der Waals surface area contributed by atoms with E-state index in [1.807, 2.05) is 0 Å². The van der Waals surface area contributed by atoms with Crippen LogP contribution >= 0.6 is 0 Å². The molecule has 0 bridgehead atoms. The molecule has 11 heavy (non-hydrogen) atoms. The molecule has 0 aliphatic heterocycles. The third-order valence-corrected chi connectivity index (χ3v) is 3.57. The molecule has 0 saturated heterocycles. The molecule has 0 spiro atoms. The van der Waals surface area contributed by atoms with Crippen LogP contribution in [0.15, 0.2) is 0 Å². The molecule has 2 fully saturated rings. The molecule has 0 radical (unpaired) electrons. The zero-order chi connectivity index (χ0) is 7.90. The van der Waals surface area contributed by atoms with Crippen molar-refractivity contribution in [2.75, 3.05) is 6.61 Å².